The Balaban J connectivity index is 1.65. The first kappa shape index (κ1) is 18.0. The number of imidazole rings is 1. The summed E-state index contributed by atoms with van der Waals surface area (Å²) in [6, 6.07) is 12.5. The predicted molar refractivity (Wildman–Crippen MR) is 111 cm³/mol. The van der Waals surface area contributed by atoms with Gasteiger partial charge >= 0.3 is 0 Å². The van der Waals surface area contributed by atoms with E-state index in [1.54, 1.807) is 18.6 Å². The van der Waals surface area contributed by atoms with Gasteiger partial charge in [0.05, 0.1) is 18.5 Å². The van der Waals surface area contributed by atoms with E-state index < -0.39 is 0 Å². The molecular weight excluding hydrogens is 350 g/mol. The molecule has 2 aromatic heterocycles. The second-order valence-electron chi connectivity index (χ2n) is 6.89. The number of nitrogens with zero attached hydrogens (tertiary/aromatic N) is 4. The molecule has 142 valence electrons. The predicted octanol–water partition coefficient (Wildman–Crippen LogP) is 4.52. The molecule has 28 heavy (non-hydrogen) atoms. The SMILES string of the molecule is Cc1nccn1-c1cncc(NCc2c(OC(C)C)ccc3ccccc23)n1. The zero-order valence-electron chi connectivity index (χ0n) is 16.3. The van der Waals surface area contributed by atoms with Gasteiger partial charge in [-0.2, -0.15) is 0 Å². The summed E-state index contributed by atoms with van der Waals surface area (Å²) >= 11 is 0. The molecule has 0 spiro atoms. The maximum Gasteiger partial charge on any atom is 0.159 e. The number of nitrogens with one attached hydrogen (secondary N) is 1. The molecule has 0 bridgehead atoms. The monoisotopic (exact) mass is 373 g/mol. The summed E-state index contributed by atoms with van der Waals surface area (Å²) in [4.78, 5) is 13.2. The van der Waals surface area contributed by atoms with E-state index in [4.69, 9.17) is 4.74 Å². The van der Waals surface area contributed by atoms with Crippen molar-refractivity contribution in [3.8, 4) is 11.6 Å². The van der Waals surface area contributed by atoms with Gasteiger partial charge in [-0.1, -0.05) is 30.3 Å². The number of rotatable bonds is 6. The van der Waals surface area contributed by atoms with Gasteiger partial charge in [-0.15, -0.1) is 0 Å². The fourth-order valence-electron chi connectivity index (χ4n) is 3.22. The van der Waals surface area contributed by atoms with E-state index in [9.17, 15) is 0 Å². The molecule has 4 aromatic rings. The van der Waals surface area contributed by atoms with Gasteiger partial charge in [0.15, 0.2) is 5.82 Å². The Morgan fingerprint density at radius 3 is 2.75 bits per heavy atom. The highest BCUT2D eigenvalue weighted by Gasteiger charge is 2.11. The summed E-state index contributed by atoms with van der Waals surface area (Å²) in [5, 5.41) is 5.75. The molecule has 0 fully saturated rings. The molecule has 0 aliphatic heterocycles. The summed E-state index contributed by atoms with van der Waals surface area (Å²) in [6.45, 7) is 6.60. The number of aryl methyl sites for hydroxylation is 1. The highest BCUT2D eigenvalue weighted by molar-refractivity contribution is 5.88. The first-order chi connectivity index (χ1) is 13.6. The van der Waals surface area contributed by atoms with E-state index >= 15 is 0 Å². The Morgan fingerprint density at radius 2 is 1.96 bits per heavy atom. The van der Waals surface area contributed by atoms with Gasteiger partial charge in [-0.05, 0) is 37.6 Å². The van der Waals surface area contributed by atoms with Gasteiger partial charge in [0.1, 0.15) is 17.4 Å². The van der Waals surface area contributed by atoms with Crippen LogP contribution in [0.15, 0.2) is 61.2 Å². The van der Waals surface area contributed by atoms with Crippen molar-refractivity contribution >= 4 is 16.6 Å². The van der Waals surface area contributed by atoms with Crippen LogP contribution in [0, 0.1) is 6.92 Å². The maximum absolute atomic E-state index is 6.05. The third-order valence-corrected chi connectivity index (χ3v) is 4.50. The van der Waals surface area contributed by atoms with Crippen LogP contribution in [-0.2, 0) is 6.54 Å². The van der Waals surface area contributed by atoms with E-state index in [1.165, 1.54) is 10.8 Å². The molecule has 4 rings (SSSR count). The fraction of sp³-hybridized carbons (Fsp3) is 0.227. The highest BCUT2D eigenvalue weighted by atomic mass is 16.5. The molecule has 1 N–H and O–H groups in total. The Hall–Kier alpha value is -3.41. The molecule has 6 nitrogen and oxygen atoms in total. The number of benzene rings is 2. The number of ether oxygens (including phenoxy) is 1. The first-order valence-electron chi connectivity index (χ1n) is 9.35. The molecule has 2 heterocycles. The smallest absolute Gasteiger partial charge is 0.159 e. The van der Waals surface area contributed by atoms with Crippen LogP contribution >= 0.6 is 0 Å². The Kier molecular flexibility index (Phi) is 4.93. The van der Waals surface area contributed by atoms with Crippen molar-refractivity contribution in [1.82, 2.24) is 19.5 Å². The highest BCUT2D eigenvalue weighted by Crippen LogP contribution is 2.29. The largest absolute Gasteiger partial charge is 0.491 e. The number of hydrogen-bond acceptors (Lipinski definition) is 5. The Morgan fingerprint density at radius 1 is 1.11 bits per heavy atom. The van der Waals surface area contributed by atoms with Crippen LogP contribution in [-0.4, -0.2) is 25.6 Å². The summed E-state index contributed by atoms with van der Waals surface area (Å²) in [7, 11) is 0. The maximum atomic E-state index is 6.05. The lowest BCUT2D eigenvalue weighted by molar-refractivity contribution is 0.240. The Bertz CT molecular complexity index is 1100. The minimum atomic E-state index is 0.104. The van der Waals surface area contributed by atoms with Crippen LogP contribution in [0.3, 0.4) is 0 Å². The van der Waals surface area contributed by atoms with Crippen LogP contribution in [0.25, 0.3) is 16.6 Å². The van der Waals surface area contributed by atoms with E-state index in [-0.39, 0.29) is 6.10 Å². The minimum absolute atomic E-state index is 0.104. The molecule has 0 amide bonds. The van der Waals surface area contributed by atoms with Crippen molar-refractivity contribution in [3.05, 3.63) is 72.6 Å². The van der Waals surface area contributed by atoms with Crippen molar-refractivity contribution in [2.75, 3.05) is 5.32 Å². The molecule has 6 heteroatoms. The van der Waals surface area contributed by atoms with Gasteiger partial charge in [0.2, 0.25) is 0 Å². The van der Waals surface area contributed by atoms with Crippen molar-refractivity contribution in [1.29, 1.82) is 0 Å². The van der Waals surface area contributed by atoms with E-state index in [1.807, 2.05) is 49.7 Å². The van der Waals surface area contributed by atoms with Crippen LogP contribution in [0.4, 0.5) is 5.82 Å². The lowest BCUT2D eigenvalue weighted by Crippen LogP contribution is -2.11. The number of aromatic nitrogens is 4. The fourth-order valence-corrected chi connectivity index (χ4v) is 3.22. The van der Waals surface area contributed by atoms with Gasteiger partial charge < -0.3 is 10.1 Å². The van der Waals surface area contributed by atoms with Gasteiger partial charge in [-0.25, -0.2) is 9.97 Å². The number of fused-ring (bicyclic) bond motifs is 1. The normalized spacial score (nSPS) is 11.1. The lowest BCUT2D eigenvalue weighted by atomic mass is 10.0. The van der Waals surface area contributed by atoms with Crippen molar-refractivity contribution in [2.24, 2.45) is 0 Å². The Labute approximate surface area is 164 Å². The zero-order valence-corrected chi connectivity index (χ0v) is 16.3. The average Bonchev–Trinajstić information content (AvgIpc) is 3.13. The molecule has 0 radical (unpaired) electrons. The molecule has 2 aromatic carbocycles. The minimum Gasteiger partial charge on any atom is -0.491 e. The van der Waals surface area contributed by atoms with E-state index in [2.05, 4.69) is 38.5 Å². The van der Waals surface area contributed by atoms with E-state index in [0.29, 0.717) is 12.4 Å². The van der Waals surface area contributed by atoms with Gasteiger partial charge in [-0.3, -0.25) is 9.55 Å². The van der Waals surface area contributed by atoms with Crippen LogP contribution in [0.5, 0.6) is 5.75 Å². The molecule has 0 aliphatic rings. The third-order valence-electron chi connectivity index (χ3n) is 4.50. The summed E-state index contributed by atoms with van der Waals surface area (Å²) in [5.74, 6) is 3.19. The number of hydrogen-bond donors (Lipinski definition) is 1. The molecule has 0 unspecified atom stereocenters. The summed E-state index contributed by atoms with van der Waals surface area (Å²) in [5.41, 5.74) is 1.11. The lowest BCUT2D eigenvalue weighted by Gasteiger charge is -2.17. The second kappa shape index (κ2) is 7.68. The van der Waals surface area contributed by atoms with Crippen LogP contribution in [0.1, 0.15) is 25.2 Å². The van der Waals surface area contributed by atoms with Crippen LogP contribution in [0.2, 0.25) is 0 Å². The molecule has 0 saturated heterocycles. The molecule has 0 saturated carbocycles. The summed E-state index contributed by atoms with van der Waals surface area (Å²) in [6.07, 6.45) is 7.19. The number of anilines is 1. The zero-order chi connectivity index (χ0) is 19.5. The average molecular weight is 373 g/mol. The van der Waals surface area contributed by atoms with Crippen LogP contribution < -0.4 is 10.1 Å². The molecular formula is C22H23N5O. The van der Waals surface area contributed by atoms with Crippen molar-refractivity contribution < 1.29 is 4.74 Å². The van der Waals surface area contributed by atoms with Gasteiger partial charge in [0.25, 0.3) is 0 Å². The van der Waals surface area contributed by atoms with Crippen molar-refractivity contribution in [2.45, 2.75) is 33.4 Å². The standard InChI is InChI=1S/C22H23N5O/c1-15(2)28-20-9-8-17-6-4-5-7-18(17)19(20)12-25-21-13-23-14-22(26-21)27-11-10-24-16(27)3/h4-11,13-15H,12H2,1-3H3,(H,25,26). The quantitative estimate of drug-likeness (QED) is 0.538. The molecule has 0 atom stereocenters. The molecule has 0 aliphatic carbocycles. The topological polar surface area (TPSA) is 64.9 Å². The summed E-state index contributed by atoms with van der Waals surface area (Å²) < 4.78 is 7.96. The third kappa shape index (κ3) is 3.67. The van der Waals surface area contributed by atoms with Crippen molar-refractivity contribution in [3.63, 3.8) is 0 Å². The second-order valence-corrected chi connectivity index (χ2v) is 6.89. The first-order valence-corrected chi connectivity index (χ1v) is 9.35. The van der Waals surface area contributed by atoms with Gasteiger partial charge in [0, 0.05) is 24.5 Å². The van der Waals surface area contributed by atoms with E-state index in [0.717, 1.165) is 23.0 Å².